The summed E-state index contributed by atoms with van der Waals surface area (Å²) in [4.78, 5) is 16.3. The zero-order valence-electron chi connectivity index (χ0n) is 8.27. The van der Waals surface area contributed by atoms with Gasteiger partial charge in [-0.25, -0.2) is 4.98 Å². The van der Waals surface area contributed by atoms with Crippen molar-refractivity contribution in [3.05, 3.63) is 27.9 Å². The highest BCUT2D eigenvalue weighted by atomic mass is 19.4. The van der Waals surface area contributed by atoms with Crippen molar-refractivity contribution in [3.8, 4) is 0 Å². The number of H-pyrrole nitrogens is 1. The highest BCUT2D eigenvalue weighted by Crippen LogP contribution is 2.27. The van der Waals surface area contributed by atoms with Gasteiger partial charge >= 0.3 is 6.18 Å². The number of nitrogens with zero attached hydrogens (tertiary/aromatic N) is 1. The number of hydrogen-bond acceptors (Lipinski definition) is 3. The zero-order chi connectivity index (χ0) is 11.8. The van der Waals surface area contributed by atoms with Gasteiger partial charge in [0.1, 0.15) is 0 Å². The fourth-order valence-electron chi connectivity index (χ4n) is 1.73. The molecule has 1 aliphatic heterocycles. The van der Waals surface area contributed by atoms with Gasteiger partial charge in [0, 0.05) is 18.5 Å². The minimum atomic E-state index is -4.61. The third-order valence-corrected chi connectivity index (χ3v) is 2.51. The highest BCUT2D eigenvalue weighted by molar-refractivity contribution is 5.12. The second kappa shape index (κ2) is 3.89. The lowest BCUT2D eigenvalue weighted by Gasteiger charge is -2.10. The van der Waals surface area contributed by atoms with E-state index in [-0.39, 0.29) is 11.6 Å². The number of nitrogens with one attached hydrogen (secondary N) is 2. The van der Waals surface area contributed by atoms with Gasteiger partial charge in [0.25, 0.3) is 5.56 Å². The van der Waals surface area contributed by atoms with Crippen LogP contribution < -0.4 is 10.9 Å². The molecule has 1 unspecified atom stereocenters. The van der Waals surface area contributed by atoms with Gasteiger partial charge in [0.05, 0.1) is 5.69 Å². The molecule has 1 aromatic rings. The van der Waals surface area contributed by atoms with Crippen molar-refractivity contribution < 1.29 is 13.2 Å². The smallest absolute Gasteiger partial charge is 0.316 e. The van der Waals surface area contributed by atoms with E-state index in [9.17, 15) is 18.0 Å². The van der Waals surface area contributed by atoms with Crippen LogP contribution in [0.1, 0.15) is 23.9 Å². The molecule has 88 valence electrons. The summed E-state index contributed by atoms with van der Waals surface area (Å²) in [5.41, 5.74) is -0.551. The number of hydrogen-bond donors (Lipinski definition) is 2. The molecule has 0 radical (unpaired) electrons. The molecule has 2 N–H and O–H groups in total. The maximum absolute atomic E-state index is 12.4. The van der Waals surface area contributed by atoms with Crippen molar-refractivity contribution in [1.82, 2.24) is 15.3 Å². The van der Waals surface area contributed by atoms with Gasteiger partial charge in [-0.05, 0) is 13.0 Å². The van der Waals surface area contributed by atoms with Crippen molar-refractivity contribution in [1.29, 1.82) is 0 Å². The molecule has 0 bridgehead atoms. The first-order valence-electron chi connectivity index (χ1n) is 4.86. The van der Waals surface area contributed by atoms with Gasteiger partial charge in [-0.15, -0.1) is 0 Å². The molecule has 7 heteroatoms. The summed E-state index contributed by atoms with van der Waals surface area (Å²) in [6.45, 7) is 1.30. The zero-order valence-corrected chi connectivity index (χ0v) is 8.27. The van der Waals surface area contributed by atoms with E-state index < -0.39 is 17.6 Å². The predicted molar refractivity (Wildman–Crippen MR) is 50.1 cm³/mol. The third-order valence-electron chi connectivity index (χ3n) is 2.51. The van der Waals surface area contributed by atoms with Crippen molar-refractivity contribution in [2.45, 2.75) is 18.5 Å². The summed E-state index contributed by atoms with van der Waals surface area (Å²) >= 11 is 0. The number of aromatic amines is 1. The summed E-state index contributed by atoms with van der Waals surface area (Å²) in [6.07, 6.45) is -3.91. The van der Waals surface area contributed by atoms with Crippen LogP contribution in [0.3, 0.4) is 0 Å². The number of halogens is 3. The van der Waals surface area contributed by atoms with Crippen LogP contribution in [-0.4, -0.2) is 23.1 Å². The lowest BCUT2D eigenvalue weighted by molar-refractivity contribution is -0.145. The average molecular weight is 233 g/mol. The van der Waals surface area contributed by atoms with E-state index in [0.29, 0.717) is 13.0 Å². The average Bonchev–Trinajstić information content (AvgIpc) is 2.68. The Morgan fingerprint density at radius 1 is 1.44 bits per heavy atom. The fourth-order valence-corrected chi connectivity index (χ4v) is 1.73. The molecule has 0 aromatic carbocycles. The molecule has 1 fully saturated rings. The Morgan fingerprint density at radius 3 is 2.75 bits per heavy atom. The molecule has 1 aliphatic rings. The predicted octanol–water partition coefficient (Wildman–Crippen LogP) is 0.866. The first-order chi connectivity index (χ1) is 7.47. The second-order valence-electron chi connectivity index (χ2n) is 3.71. The van der Waals surface area contributed by atoms with Crippen molar-refractivity contribution in [3.63, 3.8) is 0 Å². The van der Waals surface area contributed by atoms with E-state index >= 15 is 0 Å². The van der Waals surface area contributed by atoms with E-state index in [1.165, 1.54) is 0 Å². The fraction of sp³-hybridized carbons (Fsp3) is 0.556. The molecule has 4 nitrogen and oxygen atoms in total. The molecule has 1 aromatic heterocycles. The van der Waals surface area contributed by atoms with Gasteiger partial charge in [0.2, 0.25) is 5.82 Å². The van der Waals surface area contributed by atoms with Crippen molar-refractivity contribution in [2.75, 3.05) is 13.1 Å². The molecule has 0 saturated carbocycles. The quantitative estimate of drug-likeness (QED) is 0.756. The van der Waals surface area contributed by atoms with Gasteiger partial charge in [-0.2, -0.15) is 13.2 Å². The Balaban J connectivity index is 2.39. The second-order valence-corrected chi connectivity index (χ2v) is 3.71. The highest BCUT2D eigenvalue weighted by Gasteiger charge is 2.35. The summed E-state index contributed by atoms with van der Waals surface area (Å²) in [6, 6.07) is 1.13. The maximum atomic E-state index is 12.4. The molecule has 2 rings (SSSR count). The normalized spacial score (nSPS) is 21.3. The van der Waals surface area contributed by atoms with Crippen LogP contribution in [0.2, 0.25) is 0 Å². The lowest BCUT2D eigenvalue weighted by Crippen LogP contribution is -2.21. The molecule has 1 atom stereocenters. The van der Waals surface area contributed by atoms with E-state index in [2.05, 4.69) is 10.3 Å². The molecular weight excluding hydrogens is 223 g/mol. The van der Waals surface area contributed by atoms with Crippen LogP contribution >= 0.6 is 0 Å². The number of aromatic nitrogens is 2. The third kappa shape index (κ3) is 2.24. The Bertz CT molecular complexity index is 434. The van der Waals surface area contributed by atoms with Crippen LogP contribution in [0.5, 0.6) is 0 Å². The Kier molecular flexibility index (Phi) is 2.71. The van der Waals surface area contributed by atoms with E-state index in [4.69, 9.17) is 0 Å². The lowest BCUT2D eigenvalue weighted by atomic mass is 10.1. The summed E-state index contributed by atoms with van der Waals surface area (Å²) < 4.78 is 37.2. The standard InChI is InChI=1S/C9H10F3N3O/c10-9(11,12)8-14-6(3-7(16)15-8)5-1-2-13-4-5/h3,5,13H,1-2,4H2,(H,14,15,16). The summed E-state index contributed by atoms with van der Waals surface area (Å²) in [5.74, 6) is -1.33. The van der Waals surface area contributed by atoms with Crippen molar-refractivity contribution in [2.24, 2.45) is 0 Å². The molecule has 0 spiro atoms. The van der Waals surface area contributed by atoms with Crippen molar-refractivity contribution >= 4 is 0 Å². The minimum Gasteiger partial charge on any atom is -0.316 e. The maximum Gasteiger partial charge on any atom is 0.449 e. The van der Waals surface area contributed by atoms with Crippen LogP contribution in [0.15, 0.2) is 10.9 Å². The first-order valence-corrected chi connectivity index (χ1v) is 4.86. The van der Waals surface area contributed by atoms with Crippen LogP contribution in [0, 0.1) is 0 Å². The van der Waals surface area contributed by atoms with Gasteiger partial charge < -0.3 is 10.3 Å². The molecule has 16 heavy (non-hydrogen) atoms. The van der Waals surface area contributed by atoms with Gasteiger partial charge in [-0.3, -0.25) is 4.79 Å². The topological polar surface area (TPSA) is 57.8 Å². The van der Waals surface area contributed by atoms with E-state index in [0.717, 1.165) is 12.6 Å². The SMILES string of the molecule is O=c1cc(C2CCNC2)nc(C(F)(F)F)[nH]1. The minimum absolute atomic E-state index is 0.108. The Labute approximate surface area is 88.9 Å². The molecule has 2 heterocycles. The van der Waals surface area contributed by atoms with Gasteiger partial charge in [-0.1, -0.05) is 0 Å². The first kappa shape index (κ1) is 11.1. The summed E-state index contributed by atoms with van der Waals surface area (Å²) in [7, 11) is 0. The largest absolute Gasteiger partial charge is 0.449 e. The molecular formula is C9H10F3N3O. The number of rotatable bonds is 1. The Morgan fingerprint density at radius 2 is 2.19 bits per heavy atom. The van der Waals surface area contributed by atoms with E-state index in [1.54, 1.807) is 4.98 Å². The van der Waals surface area contributed by atoms with Crippen LogP contribution in [0.25, 0.3) is 0 Å². The van der Waals surface area contributed by atoms with Crippen LogP contribution in [0.4, 0.5) is 13.2 Å². The molecule has 0 amide bonds. The monoisotopic (exact) mass is 233 g/mol. The summed E-state index contributed by atoms with van der Waals surface area (Å²) in [5, 5.41) is 3.01. The Hall–Kier alpha value is -1.37. The van der Waals surface area contributed by atoms with Gasteiger partial charge in [0.15, 0.2) is 0 Å². The molecule has 0 aliphatic carbocycles. The number of alkyl halides is 3. The van der Waals surface area contributed by atoms with E-state index in [1.807, 2.05) is 0 Å². The van der Waals surface area contributed by atoms with Crippen LogP contribution in [-0.2, 0) is 6.18 Å². The molecule has 1 saturated heterocycles.